The summed E-state index contributed by atoms with van der Waals surface area (Å²) in [6.07, 6.45) is 1.03. The number of carbonyl (C=O) groups is 2. The number of hydrogen-bond donors (Lipinski definition) is 1. The third kappa shape index (κ3) is 3.42. The molecule has 1 N–H and O–H groups in total. The smallest absolute Gasteiger partial charge is 0.260 e. The van der Waals surface area contributed by atoms with Crippen LogP contribution in [0.15, 0.2) is 48.5 Å². The van der Waals surface area contributed by atoms with Crippen molar-refractivity contribution in [2.45, 2.75) is 31.3 Å². The van der Waals surface area contributed by atoms with E-state index in [0.717, 1.165) is 21.8 Å². The third-order valence-corrected chi connectivity index (χ3v) is 5.95. The molecule has 2 aliphatic rings. The lowest BCUT2D eigenvalue weighted by Gasteiger charge is -2.32. The van der Waals surface area contributed by atoms with Crippen molar-refractivity contribution in [3.05, 3.63) is 64.7 Å². The van der Waals surface area contributed by atoms with Gasteiger partial charge in [-0.25, -0.2) is 9.58 Å². The Kier molecular flexibility index (Phi) is 4.86. The zero-order chi connectivity index (χ0) is 21.5. The Balaban J connectivity index is 1.60. The molecule has 0 aliphatic carbocycles. The molecule has 2 aliphatic heterocycles. The number of halogens is 1. The quantitative estimate of drug-likeness (QED) is 0.625. The fourth-order valence-corrected chi connectivity index (χ4v) is 4.30. The van der Waals surface area contributed by atoms with Gasteiger partial charge in [0.05, 0.1) is 19.2 Å². The van der Waals surface area contributed by atoms with Crippen molar-refractivity contribution in [1.82, 2.24) is 14.8 Å². The lowest BCUT2D eigenvalue weighted by molar-refractivity contribution is -0.121. The second kappa shape index (κ2) is 7.70. The van der Waals surface area contributed by atoms with Crippen molar-refractivity contribution >= 4 is 35.3 Å². The van der Waals surface area contributed by atoms with Crippen LogP contribution in [-0.4, -0.2) is 33.7 Å². The first-order valence-electron chi connectivity index (χ1n) is 10.0. The van der Waals surface area contributed by atoms with Gasteiger partial charge in [0.2, 0.25) is 17.8 Å². The highest BCUT2D eigenvalue weighted by Crippen LogP contribution is 2.41. The Morgan fingerprint density at radius 2 is 1.77 bits per heavy atom. The number of rotatable bonds is 4. The fourth-order valence-electron chi connectivity index (χ4n) is 4.17. The number of imide groups is 1. The van der Waals surface area contributed by atoms with E-state index < -0.39 is 0 Å². The summed E-state index contributed by atoms with van der Waals surface area (Å²) in [6.45, 7) is 0. The van der Waals surface area contributed by atoms with E-state index in [1.54, 1.807) is 11.8 Å². The number of amides is 2. The number of carbonyl (C=O) groups excluding carboxylic acids is 2. The molecule has 0 radical (unpaired) electrons. The Morgan fingerprint density at radius 1 is 1.06 bits per heavy atom. The third-order valence-electron chi connectivity index (χ3n) is 5.70. The molecule has 1 saturated heterocycles. The van der Waals surface area contributed by atoms with Crippen molar-refractivity contribution in [2.75, 3.05) is 17.3 Å². The number of hydrogen-bond acceptors (Lipinski definition) is 6. The van der Waals surface area contributed by atoms with Crippen molar-refractivity contribution in [2.24, 2.45) is 0 Å². The molecule has 1 aromatic heterocycles. The van der Waals surface area contributed by atoms with Crippen molar-refractivity contribution in [1.29, 1.82) is 0 Å². The first-order chi connectivity index (χ1) is 15.0. The summed E-state index contributed by atoms with van der Waals surface area (Å²) in [7, 11) is 1.63. The van der Waals surface area contributed by atoms with Crippen molar-refractivity contribution in [3.63, 3.8) is 0 Å². The van der Waals surface area contributed by atoms with E-state index in [9.17, 15) is 9.59 Å². The summed E-state index contributed by atoms with van der Waals surface area (Å²) in [6, 6.07) is 15.1. The Hall–Kier alpha value is -3.39. The minimum atomic E-state index is -0.281. The van der Waals surface area contributed by atoms with Crippen LogP contribution in [0.2, 0.25) is 5.02 Å². The van der Waals surface area contributed by atoms with Crippen LogP contribution in [0.1, 0.15) is 42.5 Å². The number of nitrogens with zero attached hydrogens (tertiary/aromatic N) is 4. The van der Waals surface area contributed by atoms with Crippen LogP contribution in [0, 0.1) is 0 Å². The molecule has 31 heavy (non-hydrogen) atoms. The topological polar surface area (TPSA) is 89.3 Å². The van der Waals surface area contributed by atoms with E-state index in [0.29, 0.717) is 17.4 Å². The average Bonchev–Trinajstić information content (AvgIpc) is 3.35. The molecule has 8 nitrogen and oxygen atoms in total. The predicted molar refractivity (Wildman–Crippen MR) is 115 cm³/mol. The second-order valence-electron chi connectivity index (χ2n) is 7.54. The zero-order valence-electron chi connectivity index (χ0n) is 16.8. The van der Waals surface area contributed by atoms with Crippen LogP contribution in [0.4, 0.5) is 11.9 Å². The molecule has 1 fully saturated rings. The monoisotopic (exact) mass is 437 g/mol. The molecule has 9 heteroatoms. The summed E-state index contributed by atoms with van der Waals surface area (Å²) < 4.78 is 7.33. The van der Waals surface area contributed by atoms with E-state index >= 15 is 0 Å². The maximum absolute atomic E-state index is 12.2. The molecule has 0 unspecified atom stereocenters. The maximum atomic E-state index is 12.2. The Bertz CT molecular complexity index is 1140. The Morgan fingerprint density at radius 3 is 2.48 bits per heavy atom. The minimum Gasteiger partial charge on any atom is -0.496 e. The van der Waals surface area contributed by atoms with Gasteiger partial charge in [0.25, 0.3) is 5.95 Å². The highest BCUT2D eigenvalue weighted by molar-refractivity contribution is 6.30. The molecule has 2 atom stereocenters. The summed E-state index contributed by atoms with van der Waals surface area (Å²) in [5.41, 5.74) is 2.00. The van der Waals surface area contributed by atoms with E-state index in [-0.39, 0.29) is 42.7 Å². The van der Waals surface area contributed by atoms with Gasteiger partial charge in [0.15, 0.2) is 0 Å². The summed E-state index contributed by atoms with van der Waals surface area (Å²) in [4.78, 5) is 30.1. The number of benzene rings is 2. The number of anilines is 2. The maximum Gasteiger partial charge on any atom is 0.260 e. The van der Waals surface area contributed by atoms with Gasteiger partial charge in [-0.05, 0) is 30.2 Å². The van der Waals surface area contributed by atoms with Gasteiger partial charge >= 0.3 is 0 Å². The molecule has 0 bridgehead atoms. The summed E-state index contributed by atoms with van der Waals surface area (Å²) in [5, 5.41) is 8.62. The molecule has 2 aromatic carbocycles. The molecule has 158 valence electrons. The molecule has 3 heterocycles. The second-order valence-corrected chi connectivity index (χ2v) is 7.98. The number of methoxy groups -OCH3 is 1. The van der Waals surface area contributed by atoms with Gasteiger partial charge in [-0.2, -0.15) is 4.98 Å². The van der Waals surface area contributed by atoms with Crippen LogP contribution in [0.5, 0.6) is 5.75 Å². The molecule has 0 spiro atoms. The molecular weight excluding hydrogens is 418 g/mol. The Labute approximate surface area is 183 Å². The first kappa shape index (κ1) is 19.6. The largest absolute Gasteiger partial charge is 0.496 e. The number of ether oxygens (including phenoxy) is 1. The first-order valence-corrected chi connectivity index (χ1v) is 10.4. The van der Waals surface area contributed by atoms with Gasteiger partial charge in [-0.3, -0.25) is 9.59 Å². The highest BCUT2D eigenvalue weighted by Gasteiger charge is 2.37. The van der Waals surface area contributed by atoms with E-state index in [1.807, 2.05) is 48.5 Å². The summed E-state index contributed by atoms with van der Waals surface area (Å²) in [5.74, 6) is 0.768. The van der Waals surface area contributed by atoms with Crippen LogP contribution in [0.3, 0.4) is 0 Å². The fraction of sp³-hybridized carbons (Fsp3) is 0.273. The SMILES string of the molecule is COc1ccccc1[C@H]1C[C@@H](c2ccc(Cl)cc2)Nc2nc(N3C(=O)CCC3=O)nn21. The number of fused-ring (bicyclic) bond motifs is 1. The molecule has 0 saturated carbocycles. The molecule has 3 aromatic rings. The predicted octanol–water partition coefficient (Wildman–Crippen LogP) is 3.74. The van der Waals surface area contributed by atoms with Gasteiger partial charge in [0.1, 0.15) is 5.75 Å². The molecule has 5 rings (SSSR count). The zero-order valence-corrected chi connectivity index (χ0v) is 17.5. The minimum absolute atomic E-state index is 0.0679. The van der Waals surface area contributed by atoms with Gasteiger partial charge in [-0.1, -0.05) is 41.9 Å². The standard InChI is InChI=1S/C22H20ClN5O3/c1-31-18-5-3-2-4-15(18)17-12-16(13-6-8-14(23)9-7-13)24-21-25-22(26-28(17)21)27-19(29)10-11-20(27)30/h2-9,16-17H,10-12H2,1H3,(H,24,25,26)/t16-,17+/m0/s1. The average molecular weight is 438 g/mol. The van der Waals surface area contributed by atoms with Gasteiger partial charge < -0.3 is 10.1 Å². The van der Waals surface area contributed by atoms with E-state index in [4.69, 9.17) is 16.3 Å². The van der Waals surface area contributed by atoms with Crippen molar-refractivity contribution in [3.8, 4) is 5.75 Å². The number of nitrogens with one attached hydrogen (secondary N) is 1. The normalized spacial score (nSPS) is 20.5. The lowest BCUT2D eigenvalue weighted by atomic mass is 9.93. The van der Waals surface area contributed by atoms with Crippen molar-refractivity contribution < 1.29 is 14.3 Å². The van der Waals surface area contributed by atoms with E-state index in [1.165, 1.54) is 0 Å². The van der Waals surface area contributed by atoms with Crippen LogP contribution >= 0.6 is 11.6 Å². The van der Waals surface area contributed by atoms with Crippen LogP contribution in [-0.2, 0) is 9.59 Å². The van der Waals surface area contributed by atoms with Gasteiger partial charge in [0, 0.05) is 23.4 Å². The molecular formula is C22H20ClN5O3. The number of aromatic nitrogens is 3. The highest BCUT2D eigenvalue weighted by atomic mass is 35.5. The molecule has 2 amide bonds. The lowest BCUT2D eigenvalue weighted by Crippen LogP contribution is -2.30. The van der Waals surface area contributed by atoms with Crippen LogP contribution in [0.25, 0.3) is 0 Å². The number of para-hydroxylation sites is 1. The van der Waals surface area contributed by atoms with E-state index in [2.05, 4.69) is 15.4 Å². The van der Waals surface area contributed by atoms with Gasteiger partial charge in [-0.15, -0.1) is 5.10 Å². The van der Waals surface area contributed by atoms with Crippen LogP contribution < -0.4 is 15.0 Å². The summed E-state index contributed by atoms with van der Waals surface area (Å²) >= 11 is 6.07.